The molecule has 2 nitrogen and oxygen atoms in total. The average molecular weight is 255 g/mol. The first-order chi connectivity index (χ1) is 6.78. The summed E-state index contributed by atoms with van der Waals surface area (Å²) in [6.07, 6.45) is 5.82. The van der Waals surface area contributed by atoms with Crippen LogP contribution in [0.2, 0.25) is 0 Å². The molecule has 1 aliphatic carbocycles. The Morgan fingerprint density at radius 3 is 2.86 bits per heavy atom. The number of rotatable bonds is 3. The molecule has 1 aromatic rings. The highest BCUT2D eigenvalue weighted by atomic mass is 79.9. The Morgan fingerprint density at radius 1 is 1.50 bits per heavy atom. The van der Waals surface area contributed by atoms with Crippen LogP contribution < -0.4 is 5.32 Å². The molecule has 76 valence electrons. The summed E-state index contributed by atoms with van der Waals surface area (Å²) in [5, 5.41) is 3.49. The fourth-order valence-electron chi connectivity index (χ4n) is 1.88. The molecule has 0 spiro atoms. The molecule has 14 heavy (non-hydrogen) atoms. The van der Waals surface area contributed by atoms with Gasteiger partial charge in [0.05, 0.1) is 11.9 Å². The minimum atomic E-state index is 0.669. The van der Waals surface area contributed by atoms with E-state index >= 15 is 0 Å². The van der Waals surface area contributed by atoms with Crippen molar-refractivity contribution < 1.29 is 0 Å². The molecule has 0 atom stereocenters. The van der Waals surface area contributed by atoms with Crippen molar-refractivity contribution in [1.82, 2.24) is 4.98 Å². The SMILES string of the molecule is CCC1CC(Nc2ccc(Br)nc2)C1. The molecule has 1 aromatic heterocycles. The highest BCUT2D eigenvalue weighted by molar-refractivity contribution is 9.10. The van der Waals surface area contributed by atoms with Gasteiger partial charge < -0.3 is 5.32 Å². The number of anilines is 1. The van der Waals surface area contributed by atoms with Crippen LogP contribution in [0, 0.1) is 5.92 Å². The molecule has 1 saturated carbocycles. The molecule has 0 aliphatic heterocycles. The predicted octanol–water partition coefficient (Wildman–Crippen LogP) is 3.44. The molecular weight excluding hydrogens is 240 g/mol. The second kappa shape index (κ2) is 4.30. The van der Waals surface area contributed by atoms with E-state index in [2.05, 4.69) is 39.2 Å². The van der Waals surface area contributed by atoms with Crippen LogP contribution in [0.4, 0.5) is 5.69 Å². The van der Waals surface area contributed by atoms with Crippen LogP contribution in [-0.4, -0.2) is 11.0 Å². The predicted molar refractivity (Wildman–Crippen MR) is 62.4 cm³/mol. The first kappa shape index (κ1) is 9.97. The van der Waals surface area contributed by atoms with Gasteiger partial charge in [0.15, 0.2) is 0 Å². The van der Waals surface area contributed by atoms with Crippen molar-refractivity contribution in [3.05, 3.63) is 22.9 Å². The van der Waals surface area contributed by atoms with E-state index < -0.39 is 0 Å². The van der Waals surface area contributed by atoms with Crippen LogP contribution in [0.5, 0.6) is 0 Å². The smallest absolute Gasteiger partial charge is 0.106 e. The monoisotopic (exact) mass is 254 g/mol. The number of hydrogen-bond acceptors (Lipinski definition) is 2. The number of pyridine rings is 1. The van der Waals surface area contributed by atoms with Gasteiger partial charge in [0.2, 0.25) is 0 Å². The average Bonchev–Trinajstić information content (AvgIpc) is 2.13. The van der Waals surface area contributed by atoms with Crippen molar-refractivity contribution in [3.63, 3.8) is 0 Å². The number of nitrogens with one attached hydrogen (secondary N) is 1. The Bertz CT molecular complexity index is 291. The summed E-state index contributed by atoms with van der Waals surface area (Å²) in [5.41, 5.74) is 1.13. The molecule has 0 amide bonds. The molecule has 0 bridgehead atoms. The number of hydrogen-bond donors (Lipinski definition) is 1. The summed E-state index contributed by atoms with van der Waals surface area (Å²) < 4.78 is 0.892. The summed E-state index contributed by atoms with van der Waals surface area (Å²) in [7, 11) is 0. The minimum Gasteiger partial charge on any atom is -0.381 e. The molecule has 3 heteroatoms. The maximum absolute atomic E-state index is 4.18. The Balaban J connectivity index is 1.84. The van der Waals surface area contributed by atoms with Crippen LogP contribution in [0.1, 0.15) is 26.2 Å². The lowest BCUT2D eigenvalue weighted by Crippen LogP contribution is -2.34. The maximum Gasteiger partial charge on any atom is 0.106 e. The molecule has 2 rings (SSSR count). The second-order valence-electron chi connectivity index (χ2n) is 3.96. The molecule has 0 saturated heterocycles. The Hall–Kier alpha value is -0.570. The number of halogens is 1. The van der Waals surface area contributed by atoms with E-state index in [1.54, 1.807) is 0 Å². The first-order valence-electron chi connectivity index (χ1n) is 5.16. The van der Waals surface area contributed by atoms with E-state index in [9.17, 15) is 0 Å². The summed E-state index contributed by atoms with van der Waals surface area (Å²) in [6, 6.07) is 4.71. The van der Waals surface area contributed by atoms with Crippen LogP contribution >= 0.6 is 15.9 Å². The quantitative estimate of drug-likeness (QED) is 0.837. The van der Waals surface area contributed by atoms with E-state index in [4.69, 9.17) is 0 Å². The van der Waals surface area contributed by atoms with Crippen molar-refractivity contribution in [2.45, 2.75) is 32.2 Å². The fraction of sp³-hybridized carbons (Fsp3) is 0.545. The Labute approximate surface area is 93.3 Å². The number of aromatic nitrogens is 1. The van der Waals surface area contributed by atoms with Crippen LogP contribution in [0.25, 0.3) is 0 Å². The molecule has 0 aromatic carbocycles. The number of nitrogens with zero attached hydrogens (tertiary/aromatic N) is 1. The van der Waals surface area contributed by atoms with Gasteiger partial charge in [-0.15, -0.1) is 0 Å². The molecule has 1 N–H and O–H groups in total. The van der Waals surface area contributed by atoms with E-state index in [1.165, 1.54) is 19.3 Å². The van der Waals surface area contributed by atoms with Gasteiger partial charge in [0.25, 0.3) is 0 Å². The van der Waals surface area contributed by atoms with Gasteiger partial charge in [-0.2, -0.15) is 0 Å². The van der Waals surface area contributed by atoms with Crippen molar-refractivity contribution in [2.75, 3.05) is 5.32 Å². The maximum atomic E-state index is 4.18. The lowest BCUT2D eigenvalue weighted by atomic mass is 9.78. The minimum absolute atomic E-state index is 0.669. The van der Waals surface area contributed by atoms with Crippen LogP contribution in [-0.2, 0) is 0 Å². The standard InChI is InChI=1S/C11H15BrN2/c1-2-8-5-10(6-8)14-9-3-4-11(12)13-7-9/h3-4,7-8,10,14H,2,5-6H2,1H3. The van der Waals surface area contributed by atoms with Gasteiger partial charge in [-0.1, -0.05) is 13.3 Å². The third kappa shape index (κ3) is 2.27. The van der Waals surface area contributed by atoms with Gasteiger partial charge in [-0.25, -0.2) is 4.98 Å². The summed E-state index contributed by atoms with van der Waals surface area (Å²) >= 11 is 3.32. The zero-order chi connectivity index (χ0) is 9.97. The van der Waals surface area contributed by atoms with Gasteiger partial charge in [-0.3, -0.25) is 0 Å². The first-order valence-corrected chi connectivity index (χ1v) is 5.95. The van der Waals surface area contributed by atoms with Crippen molar-refractivity contribution in [2.24, 2.45) is 5.92 Å². The van der Waals surface area contributed by atoms with E-state index in [1.807, 2.05) is 12.3 Å². The lowest BCUT2D eigenvalue weighted by molar-refractivity contribution is 0.275. The molecule has 1 heterocycles. The van der Waals surface area contributed by atoms with E-state index in [0.717, 1.165) is 16.2 Å². The van der Waals surface area contributed by atoms with Crippen molar-refractivity contribution in [3.8, 4) is 0 Å². The van der Waals surface area contributed by atoms with Gasteiger partial charge >= 0.3 is 0 Å². The molecule has 0 radical (unpaired) electrons. The van der Waals surface area contributed by atoms with Crippen LogP contribution in [0.15, 0.2) is 22.9 Å². The zero-order valence-electron chi connectivity index (χ0n) is 8.33. The molecular formula is C11H15BrN2. The highest BCUT2D eigenvalue weighted by Crippen LogP contribution is 2.32. The summed E-state index contributed by atoms with van der Waals surface area (Å²) in [5.74, 6) is 0.941. The van der Waals surface area contributed by atoms with E-state index in [0.29, 0.717) is 6.04 Å². The van der Waals surface area contributed by atoms with Gasteiger partial charge in [0.1, 0.15) is 4.60 Å². The largest absolute Gasteiger partial charge is 0.381 e. The third-order valence-electron chi connectivity index (χ3n) is 2.91. The topological polar surface area (TPSA) is 24.9 Å². The highest BCUT2D eigenvalue weighted by Gasteiger charge is 2.27. The zero-order valence-corrected chi connectivity index (χ0v) is 9.92. The third-order valence-corrected chi connectivity index (χ3v) is 3.38. The molecule has 0 unspecified atom stereocenters. The summed E-state index contributed by atoms with van der Waals surface area (Å²) in [6.45, 7) is 2.27. The Kier molecular flexibility index (Phi) is 3.06. The van der Waals surface area contributed by atoms with E-state index in [-0.39, 0.29) is 0 Å². The molecule has 1 fully saturated rings. The van der Waals surface area contributed by atoms with Crippen LogP contribution in [0.3, 0.4) is 0 Å². The molecule has 1 aliphatic rings. The van der Waals surface area contributed by atoms with Crippen molar-refractivity contribution in [1.29, 1.82) is 0 Å². The fourth-order valence-corrected chi connectivity index (χ4v) is 2.12. The van der Waals surface area contributed by atoms with Crippen molar-refractivity contribution >= 4 is 21.6 Å². The second-order valence-corrected chi connectivity index (χ2v) is 4.77. The Morgan fingerprint density at radius 2 is 2.29 bits per heavy atom. The lowest BCUT2D eigenvalue weighted by Gasteiger charge is -2.35. The summed E-state index contributed by atoms with van der Waals surface area (Å²) in [4.78, 5) is 4.18. The van der Waals surface area contributed by atoms with Gasteiger partial charge in [-0.05, 0) is 46.8 Å². The van der Waals surface area contributed by atoms with Gasteiger partial charge in [0, 0.05) is 6.04 Å². The normalized spacial score (nSPS) is 25.6.